The summed E-state index contributed by atoms with van der Waals surface area (Å²) in [5.74, 6) is -0.148. The van der Waals surface area contributed by atoms with Crippen molar-refractivity contribution in [2.24, 2.45) is 4.99 Å². The highest BCUT2D eigenvalue weighted by atomic mass is 79.9. The van der Waals surface area contributed by atoms with E-state index in [2.05, 4.69) is 32.3 Å². The average Bonchev–Trinajstić information content (AvgIpc) is 2.66. The van der Waals surface area contributed by atoms with Crippen molar-refractivity contribution in [1.82, 2.24) is 0 Å². The van der Waals surface area contributed by atoms with Gasteiger partial charge in [0.1, 0.15) is 5.71 Å². The zero-order valence-electron chi connectivity index (χ0n) is 12.1. The summed E-state index contributed by atoms with van der Waals surface area (Å²) in [6.07, 6.45) is 0. The number of amides is 1. The van der Waals surface area contributed by atoms with Crippen LogP contribution in [-0.2, 0) is 4.79 Å². The standard InChI is InChI=1S/C17H15BrN2O/c1-9-4-10(2)6-13(5-9)19-16-14-8-12(18)7-11(3)15(14)20-17(16)21/h4-8H,1-3H3,(H,19,20,21). The number of carbonyl (C=O) groups is 1. The molecule has 1 aliphatic rings. The van der Waals surface area contributed by atoms with Crippen LogP contribution in [0.2, 0.25) is 0 Å². The van der Waals surface area contributed by atoms with E-state index < -0.39 is 0 Å². The fourth-order valence-corrected chi connectivity index (χ4v) is 3.22. The second kappa shape index (κ2) is 5.11. The van der Waals surface area contributed by atoms with E-state index in [0.29, 0.717) is 5.71 Å². The molecule has 3 nitrogen and oxygen atoms in total. The first-order valence-electron chi connectivity index (χ1n) is 6.73. The molecule has 0 fully saturated rings. The summed E-state index contributed by atoms with van der Waals surface area (Å²) in [6.45, 7) is 6.03. The molecule has 2 aromatic carbocycles. The average molecular weight is 343 g/mol. The highest BCUT2D eigenvalue weighted by Crippen LogP contribution is 2.32. The lowest BCUT2D eigenvalue weighted by Gasteiger charge is -2.04. The Morgan fingerprint density at radius 1 is 1.00 bits per heavy atom. The van der Waals surface area contributed by atoms with Crippen LogP contribution in [0.1, 0.15) is 22.3 Å². The van der Waals surface area contributed by atoms with Crippen LogP contribution in [0.3, 0.4) is 0 Å². The lowest BCUT2D eigenvalue weighted by atomic mass is 10.1. The number of carbonyl (C=O) groups excluding carboxylic acids is 1. The highest BCUT2D eigenvalue weighted by Gasteiger charge is 2.27. The topological polar surface area (TPSA) is 41.5 Å². The largest absolute Gasteiger partial charge is 0.320 e. The monoisotopic (exact) mass is 342 g/mol. The Kier molecular flexibility index (Phi) is 3.41. The number of anilines is 1. The zero-order valence-corrected chi connectivity index (χ0v) is 13.7. The van der Waals surface area contributed by atoms with Gasteiger partial charge in [-0.1, -0.05) is 22.0 Å². The van der Waals surface area contributed by atoms with Crippen molar-refractivity contribution in [3.8, 4) is 0 Å². The first-order chi connectivity index (χ1) is 9.94. The van der Waals surface area contributed by atoms with E-state index in [4.69, 9.17) is 0 Å². The van der Waals surface area contributed by atoms with Crippen molar-refractivity contribution < 1.29 is 4.79 Å². The Morgan fingerprint density at radius 2 is 1.67 bits per heavy atom. The minimum absolute atomic E-state index is 0.148. The molecular weight excluding hydrogens is 328 g/mol. The number of hydrogen-bond acceptors (Lipinski definition) is 2. The Hall–Kier alpha value is -1.94. The number of nitrogens with zero attached hydrogens (tertiary/aromatic N) is 1. The van der Waals surface area contributed by atoms with Gasteiger partial charge in [-0.05, 0) is 61.7 Å². The maximum atomic E-state index is 12.2. The molecule has 1 aliphatic heterocycles. The maximum Gasteiger partial charge on any atom is 0.275 e. The molecule has 106 valence electrons. The van der Waals surface area contributed by atoms with E-state index in [1.165, 1.54) is 0 Å². The number of rotatable bonds is 1. The van der Waals surface area contributed by atoms with Crippen molar-refractivity contribution in [2.75, 3.05) is 5.32 Å². The number of hydrogen-bond donors (Lipinski definition) is 1. The van der Waals surface area contributed by atoms with Gasteiger partial charge in [0.25, 0.3) is 5.91 Å². The highest BCUT2D eigenvalue weighted by molar-refractivity contribution is 9.10. The Morgan fingerprint density at radius 3 is 2.33 bits per heavy atom. The van der Waals surface area contributed by atoms with Crippen molar-refractivity contribution >= 4 is 38.9 Å². The fraction of sp³-hybridized carbons (Fsp3) is 0.176. The Bertz CT molecular complexity index is 773. The van der Waals surface area contributed by atoms with E-state index in [1.807, 2.05) is 45.0 Å². The van der Waals surface area contributed by atoms with Gasteiger partial charge in [0.15, 0.2) is 0 Å². The van der Waals surface area contributed by atoms with Crippen LogP contribution in [0, 0.1) is 20.8 Å². The number of fused-ring (bicyclic) bond motifs is 1. The molecule has 0 aliphatic carbocycles. The summed E-state index contributed by atoms with van der Waals surface area (Å²) < 4.78 is 0.948. The normalized spacial score (nSPS) is 15.2. The van der Waals surface area contributed by atoms with E-state index in [0.717, 1.165) is 38.1 Å². The molecule has 3 rings (SSSR count). The summed E-state index contributed by atoms with van der Waals surface area (Å²) in [4.78, 5) is 16.8. The zero-order chi connectivity index (χ0) is 15.1. The van der Waals surface area contributed by atoms with E-state index >= 15 is 0 Å². The SMILES string of the molecule is Cc1cc(C)cc(N=C2C(=O)Nc3c(C)cc(Br)cc32)c1. The third-order valence-corrected chi connectivity index (χ3v) is 3.91. The van der Waals surface area contributed by atoms with Crippen molar-refractivity contribution in [3.63, 3.8) is 0 Å². The smallest absolute Gasteiger partial charge is 0.275 e. The molecule has 1 N–H and O–H groups in total. The minimum atomic E-state index is -0.148. The van der Waals surface area contributed by atoms with Crippen LogP contribution in [0.25, 0.3) is 0 Å². The van der Waals surface area contributed by atoms with Gasteiger partial charge >= 0.3 is 0 Å². The minimum Gasteiger partial charge on any atom is -0.320 e. The molecule has 1 heterocycles. The van der Waals surface area contributed by atoms with E-state index in [1.54, 1.807) is 0 Å². The summed E-state index contributed by atoms with van der Waals surface area (Å²) in [5, 5.41) is 2.90. The predicted molar refractivity (Wildman–Crippen MR) is 89.6 cm³/mol. The quantitative estimate of drug-likeness (QED) is 0.817. The summed E-state index contributed by atoms with van der Waals surface area (Å²) >= 11 is 3.48. The second-order valence-corrected chi connectivity index (χ2v) is 6.32. The fourth-order valence-electron chi connectivity index (χ4n) is 2.65. The van der Waals surface area contributed by atoms with Gasteiger partial charge in [-0.25, -0.2) is 4.99 Å². The van der Waals surface area contributed by atoms with Gasteiger partial charge in [-0.15, -0.1) is 0 Å². The number of nitrogens with one attached hydrogen (secondary N) is 1. The summed E-state index contributed by atoms with van der Waals surface area (Å²) in [7, 11) is 0. The predicted octanol–water partition coefficient (Wildman–Crippen LogP) is 4.45. The molecule has 0 bridgehead atoms. The maximum absolute atomic E-state index is 12.2. The Balaban J connectivity index is 2.16. The lowest BCUT2D eigenvalue weighted by Crippen LogP contribution is -2.14. The van der Waals surface area contributed by atoms with E-state index in [-0.39, 0.29) is 5.91 Å². The van der Waals surface area contributed by atoms with Crippen LogP contribution < -0.4 is 5.32 Å². The van der Waals surface area contributed by atoms with Crippen molar-refractivity contribution in [2.45, 2.75) is 20.8 Å². The van der Waals surface area contributed by atoms with E-state index in [9.17, 15) is 4.79 Å². The third-order valence-electron chi connectivity index (χ3n) is 3.46. The van der Waals surface area contributed by atoms with Crippen LogP contribution >= 0.6 is 15.9 Å². The number of benzene rings is 2. The summed E-state index contributed by atoms with van der Waals surface area (Å²) in [6, 6.07) is 9.97. The summed E-state index contributed by atoms with van der Waals surface area (Å²) in [5.41, 5.74) is 6.29. The van der Waals surface area contributed by atoms with Crippen LogP contribution in [0.4, 0.5) is 11.4 Å². The van der Waals surface area contributed by atoms with Gasteiger partial charge in [0, 0.05) is 10.0 Å². The molecule has 0 atom stereocenters. The van der Waals surface area contributed by atoms with Crippen LogP contribution in [-0.4, -0.2) is 11.6 Å². The molecule has 0 radical (unpaired) electrons. The number of halogens is 1. The van der Waals surface area contributed by atoms with Gasteiger partial charge in [0.2, 0.25) is 0 Å². The van der Waals surface area contributed by atoms with Gasteiger partial charge in [-0.3, -0.25) is 4.79 Å². The molecule has 4 heteroatoms. The molecule has 0 saturated carbocycles. The van der Waals surface area contributed by atoms with Gasteiger partial charge in [0.05, 0.1) is 11.4 Å². The van der Waals surface area contributed by atoms with Crippen LogP contribution in [0.15, 0.2) is 39.8 Å². The Labute approximate surface area is 132 Å². The van der Waals surface area contributed by atoms with Crippen molar-refractivity contribution in [3.05, 3.63) is 57.1 Å². The third kappa shape index (κ3) is 2.63. The first kappa shape index (κ1) is 14.0. The molecule has 0 saturated heterocycles. The molecule has 21 heavy (non-hydrogen) atoms. The molecule has 1 amide bonds. The second-order valence-electron chi connectivity index (χ2n) is 5.41. The van der Waals surface area contributed by atoms with Gasteiger partial charge in [-0.2, -0.15) is 0 Å². The molecule has 0 spiro atoms. The van der Waals surface area contributed by atoms with Gasteiger partial charge < -0.3 is 5.32 Å². The van der Waals surface area contributed by atoms with Crippen molar-refractivity contribution in [1.29, 1.82) is 0 Å². The lowest BCUT2D eigenvalue weighted by molar-refractivity contribution is -0.110. The number of aliphatic imine (C=N–C) groups is 1. The molecular formula is C17H15BrN2O. The molecule has 0 aromatic heterocycles. The first-order valence-corrected chi connectivity index (χ1v) is 7.52. The molecule has 2 aromatic rings. The number of aryl methyl sites for hydroxylation is 3. The molecule has 0 unspecified atom stereocenters. The van der Waals surface area contributed by atoms with Crippen LogP contribution in [0.5, 0.6) is 0 Å².